The summed E-state index contributed by atoms with van der Waals surface area (Å²) in [6.45, 7) is 0.586. The van der Waals surface area contributed by atoms with Gasteiger partial charge in [0, 0.05) is 10.9 Å². The maximum absolute atomic E-state index is 5.53. The van der Waals surface area contributed by atoms with Crippen LogP contribution in [0, 0.1) is 0 Å². The van der Waals surface area contributed by atoms with Crippen LogP contribution in [0.25, 0.3) is 11.3 Å². The van der Waals surface area contributed by atoms with E-state index in [2.05, 4.69) is 17.2 Å². The van der Waals surface area contributed by atoms with Crippen molar-refractivity contribution in [3.63, 3.8) is 0 Å². The van der Waals surface area contributed by atoms with Crippen LogP contribution in [0.1, 0.15) is 11.3 Å². The summed E-state index contributed by atoms with van der Waals surface area (Å²) in [5, 5.41) is 6.67. The molecule has 4 rings (SSSR count). The van der Waals surface area contributed by atoms with Crippen molar-refractivity contribution >= 4 is 17.6 Å². The van der Waals surface area contributed by atoms with E-state index >= 15 is 0 Å². The lowest BCUT2D eigenvalue weighted by molar-refractivity contribution is 0.416. The average Bonchev–Trinajstić information content (AvgIpc) is 3.41. The van der Waals surface area contributed by atoms with Crippen LogP contribution in [-0.2, 0) is 6.54 Å². The van der Waals surface area contributed by atoms with Crippen molar-refractivity contribution in [3.05, 3.63) is 94.5 Å². The topological polar surface area (TPSA) is 52.0 Å². The molecule has 0 fully saturated rings. The maximum atomic E-state index is 5.53. The zero-order chi connectivity index (χ0) is 19.2. The van der Waals surface area contributed by atoms with Gasteiger partial charge in [0.2, 0.25) is 4.80 Å². The highest BCUT2D eigenvalue weighted by Crippen LogP contribution is 2.29. The smallest absolute Gasteiger partial charge is 0.206 e. The largest absolute Gasteiger partial charge is 0.496 e. The summed E-state index contributed by atoms with van der Waals surface area (Å²) < 4.78 is 12.7. The van der Waals surface area contributed by atoms with E-state index in [9.17, 15) is 0 Å². The lowest BCUT2D eigenvalue weighted by Gasteiger charge is -2.08. The molecule has 0 aliphatic heterocycles. The van der Waals surface area contributed by atoms with Gasteiger partial charge in [-0.3, -0.25) is 4.99 Å². The number of aromatic nitrogens is 1. The molecule has 0 atom stereocenters. The number of thiazole rings is 1. The molecule has 0 saturated heterocycles. The molecule has 2 heterocycles. The van der Waals surface area contributed by atoms with Crippen LogP contribution in [0.3, 0.4) is 0 Å². The van der Waals surface area contributed by atoms with Gasteiger partial charge in [0.1, 0.15) is 11.5 Å². The molecule has 0 bridgehead atoms. The molecular weight excluding hydrogens is 370 g/mol. The standard InChI is InChI=1S/C22H19N3O2S/c1-26-21-12-6-5-11-19(21)20-16-28-22(23-14-17-8-3-2-4-9-17)25(20)24-15-18-10-7-13-27-18/h2-13,15-16H,14H2,1H3. The lowest BCUT2D eigenvalue weighted by Crippen LogP contribution is -2.12. The van der Waals surface area contributed by atoms with Gasteiger partial charge in [0.15, 0.2) is 0 Å². The molecule has 0 amide bonds. The zero-order valence-electron chi connectivity index (χ0n) is 15.4. The van der Waals surface area contributed by atoms with Crippen molar-refractivity contribution in [1.29, 1.82) is 0 Å². The third-order valence-corrected chi connectivity index (χ3v) is 5.01. The van der Waals surface area contributed by atoms with Gasteiger partial charge in [-0.05, 0) is 29.8 Å². The van der Waals surface area contributed by atoms with Gasteiger partial charge >= 0.3 is 0 Å². The Balaban J connectivity index is 1.79. The Morgan fingerprint density at radius 3 is 2.64 bits per heavy atom. The van der Waals surface area contributed by atoms with E-state index in [1.54, 1.807) is 30.9 Å². The van der Waals surface area contributed by atoms with Crippen molar-refractivity contribution in [1.82, 2.24) is 4.68 Å². The van der Waals surface area contributed by atoms with Crippen LogP contribution in [0.15, 0.2) is 92.9 Å². The molecule has 28 heavy (non-hydrogen) atoms. The van der Waals surface area contributed by atoms with Gasteiger partial charge < -0.3 is 9.15 Å². The first-order valence-electron chi connectivity index (χ1n) is 8.81. The van der Waals surface area contributed by atoms with Crippen LogP contribution >= 0.6 is 11.3 Å². The molecule has 0 unspecified atom stereocenters. The minimum absolute atomic E-state index is 0.586. The number of benzene rings is 2. The fourth-order valence-electron chi connectivity index (χ4n) is 2.78. The second kappa shape index (κ2) is 8.54. The van der Waals surface area contributed by atoms with E-state index in [1.807, 2.05) is 64.7 Å². The number of methoxy groups -OCH3 is 1. The maximum Gasteiger partial charge on any atom is 0.206 e. The van der Waals surface area contributed by atoms with Crippen molar-refractivity contribution in [2.24, 2.45) is 10.1 Å². The van der Waals surface area contributed by atoms with E-state index in [0.29, 0.717) is 12.3 Å². The highest BCUT2D eigenvalue weighted by molar-refractivity contribution is 7.07. The van der Waals surface area contributed by atoms with Crippen LogP contribution in [0.4, 0.5) is 0 Å². The Labute approximate surface area is 166 Å². The average molecular weight is 389 g/mol. The van der Waals surface area contributed by atoms with Gasteiger partial charge in [0.25, 0.3) is 0 Å². The number of furan rings is 1. The van der Waals surface area contributed by atoms with Crippen LogP contribution < -0.4 is 9.54 Å². The molecular formula is C22H19N3O2S. The Morgan fingerprint density at radius 1 is 1.04 bits per heavy atom. The molecule has 5 nitrogen and oxygen atoms in total. The first-order valence-corrected chi connectivity index (χ1v) is 9.69. The molecule has 2 aromatic heterocycles. The normalized spacial score (nSPS) is 12.0. The highest BCUT2D eigenvalue weighted by Gasteiger charge is 2.12. The molecule has 0 aliphatic carbocycles. The molecule has 0 N–H and O–H groups in total. The first-order chi connectivity index (χ1) is 13.8. The SMILES string of the molecule is COc1ccccc1-c1csc(=NCc2ccccc2)n1N=Cc1ccco1. The quantitative estimate of drug-likeness (QED) is 0.445. The third-order valence-electron chi connectivity index (χ3n) is 4.15. The van der Waals surface area contributed by atoms with Gasteiger partial charge in [0.05, 0.1) is 31.8 Å². The minimum atomic E-state index is 0.586. The Morgan fingerprint density at radius 2 is 1.86 bits per heavy atom. The molecule has 140 valence electrons. The van der Waals surface area contributed by atoms with Gasteiger partial charge in [-0.25, -0.2) is 4.68 Å². The van der Waals surface area contributed by atoms with Gasteiger partial charge in [-0.2, -0.15) is 5.10 Å². The number of ether oxygens (including phenoxy) is 1. The number of para-hydroxylation sites is 1. The van der Waals surface area contributed by atoms with E-state index in [-0.39, 0.29) is 0 Å². The predicted molar refractivity (Wildman–Crippen MR) is 112 cm³/mol. The van der Waals surface area contributed by atoms with E-state index in [0.717, 1.165) is 27.4 Å². The summed E-state index contributed by atoms with van der Waals surface area (Å²) in [6, 6.07) is 21.7. The monoisotopic (exact) mass is 389 g/mol. The molecule has 6 heteroatoms. The van der Waals surface area contributed by atoms with E-state index in [4.69, 9.17) is 14.1 Å². The van der Waals surface area contributed by atoms with Gasteiger partial charge in [-0.1, -0.05) is 42.5 Å². The number of hydrogen-bond donors (Lipinski definition) is 0. The summed E-state index contributed by atoms with van der Waals surface area (Å²) in [4.78, 5) is 5.57. The van der Waals surface area contributed by atoms with Gasteiger partial charge in [-0.15, -0.1) is 11.3 Å². The Hall–Kier alpha value is -3.38. The van der Waals surface area contributed by atoms with Crippen molar-refractivity contribution in [2.45, 2.75) is 6.54 Å². The molecule has 4 aromatic rings. The molecule has 0 spiro atoms. The predicted octanol–water partition coefficient (Wildman–Crippen LogP) is 4.80. The third kappa shape index (κ3) is 3.97. The van der Waals surface area contributed by atoms with Crippen molar-refractivity contribution in [2.75, 3.05) is 7.11 Å². The highest BCUT2D eigenvalue weighted by atomic mass is 32.1. The first kappa shape index (κ1) is 18.0. The molecule has 0 aliphatic rings. The Kier molecular flexibility index (Phi) is 5.49. The Bertz CT molecular complexity index is 1130. The zero-order valence-corrected chi connectivity index (χ0v) is 16.2. The summed E-state index contributed by atoms with van der Waals surface area (Å²) in [7, 11) is 1.67. The summed E-state index contributed by atoms with van der Waals surface area (Å²) in [5.41, 5.74) is 3.02. The number of rotatable bonds is 6. The lowest BCUT2D eigenvalue weighted by atomic mass is 10.1. The van der Waals surface area contributed by atoms with E-state index in [1.165, 1.54) is 0 Å². The van der Waals surface area contributed by atoms with Crippen molar-refractivity contribution in [3.8, 4) is 17.0 Å². The summed E-state index contributed by atoms with van der Waals surface area (Å²) in [5.74, 6) is 1.47. The van der Waals surface area contributed by atoms with Crippen LogP contribution in [0.5, 0.6) is 5.75 Å². The second-order valence-corrected chi connectivity index (χ2v) is 6.81. The van der Waals surface area contributed by atoms with E-state index < -0.39 is 0 Å². The summed E-state index contributed by atoms with van der Waals surface area (Å²) in [6.07, 6.45) is 3.31. The van der Waals surface area contributed by atoms with Crippen LogP contribution in [0.2, 0.25) is 0 Å². The van der Waals surface area contributed by atoms with Crippen LogP contribution in [-0.4, -0.2) is 18.0 Å². The molecule has 0 radical (unpaired) electrons. The number of nitrogens with zero attached hydrogens (tertiary/aromatic N) is 3. The second-order valence-electron chi connectivity index (χ2n) is 5.98. The minimum Gasteiger partial charge on any atom is -0.496 e. The fourth-order valence-corrected chi connectivity index (χ4v) is 3.61. The molecule has 2 aromatic carbocycles. The number of hydrogen-bond acceptors (Lipinski definition) is 5. The fraction of sp³-hybridized carbons (Fsp3) is 0.0909. The molecule has 0 saturated carbocycles. The van der Waals surface area contributed by atoms with Crippen molar-refractivity contribution < 1.29 is 9.15 Å². The summed E-state index contributed by atoms with van der Waals surface area (Å²) >= 11 is 1.54.